The highest BCUT2D eigenvalue weighted by atomic mass is 31.2. The van der Waals surface area contributed by atoms with Gasteiger partial charge in [0.1, 0.15) is 5.40 Å². The van der Waals surface area contributed by atoms with Gasteiger partial charge in [-0.15, -0.1) is 0 Å². The summed E-state index contributed by atoms with van der Waals surface area (Å²) in [5.41, 5.74) is 2.75. The van der Waals surface area contributed by atoms with Gasteiger partial charge in [-0.1, -0.05) is 29.7 Å². The van der Waals surface area contributed by atoms with E-state index in [1.54, 1.807) is 6.66 Å². The van der Waals surface area contributed by atoms with E-state index in [0.717, 1.165) is 32.1 Å². The molecule has 0 aromatic carbocycles. The molecule has 0 N–H and O–H groups in total. The summed E-state index contributed by atoms with van der Waals surface area (Å²) in [4.78, 5) is 0. The lowest BCUT2D eigenvalue weighted by molar-refractivity contribution is 0.370. The van der Waals surface area contributed by atoms with Gasteiger partial charge in [-0.3, -0.25) is 9.13 Å². The van der Waals surface area contributed by atoms with Crippen LogP contribution in [0.1, 0.15) is 59.3 Å². The average molecular weight is 569 g/mol. The van der Waals surface area contributed by atoms with Crippen molar-refractivity contribution in [1.82, 2.24) is 0 Å². The summed E-state index contributed by atoms with van der Waals surface area (Å²) < 4.78 is 47.1. The first-order valence-electron chi connectivity index (χ1n) is 12.6. The Balaban J connectivity index is 5.69. The quantitative estimate of drug-likeness (QED) is 0.0802. The SMILES string of the molecule is CC(C)=CCC/C(C)=C/CCCCC(P(C)(=O)O[Si](C)(C)C)P(=O)(O[Si](C)(C)C)O[Si](C)(C)C. The molecular weight excluding hydrogens is 514 g/mol. The molecule has 0 amide bonds. The van der Waals surface area contributed by atoms with Crippen molar-refractivity contribution in [3.63, 3.8) is 0 Å². The van der Waals surface area contributed by atoms with Gasteiger partial charge in [0.15, 0.2) is 25.0 Å². The molecule has 0 saturated carbocycles. The van der Waals surface area contributed by atoms with Crippen molar-refractivity contribution in [2.24, 2.45) is 0 Å². The third-order valence-electron chi connectivity index (χ3n) is 4.66. The summed E-state index contributed by atoms with van der Waals surface area (Å²) in [5.74, 6) is 0. The summed E-state index contributed by atoms with van der Waals surface area (Å²) in [6, 6.07) is 0. The Hall–Kier alpha value is 0.471. The second-order valence-corrected chi connectivity index (χ2v) is 32.1. The maximum atomic E-state index is 14.4. The minimum Gasteiger partial charge on any atom is -0.370 e. The Morgan fingerprint density at radius 3 is 1.62 bits per heavy atom. The van der Waals surface area contributed by atoms with Crippen LogP contribution in [-0.4, -0.2) is 37.0 Å². The Kier molecular flexibility index (Phi) is 14.0. The standard InChI is InChI=1S/C24H54O5P2Si3/c1-22(2)18-17-20-23(3)19-15-14-16-21-24(30(4,25)27-32(5,6)7)31(26,28-33(8,9)10)29-34(11,12)13/h18-19,24H,14-17,20-21H2,1-13H3/b23-19+. The highest BCUT2D eigenvalue weighted by Crippen LogP contribution is 2.72. The maximum Gasteiger partial charge on any atom is 0.324 e. The molecule has 0 spiro atoms. The zero-order chi connectivity index (χ0) is 27.0. The van der Waals surface area contributed by atoms with Gasteiger partial charge >= 0.3 is 7.60 Å². The number of rotatable bonds is 16. The normalized spacial score (nSPS) is 16.8. The molecule has 0 radical (unpaired) electrons. The summed E-state index contributed by atoms with van der Waals surface area (Å²) in [6.07, 6.45) is 9.96. The van der Waals surface area contributed by atoms with E-state index < -0.39 is 45.3 Å². The Morgan fingerprint density at radius 1 is 0.735 bits per heavy atom. The first-order chi connectivity index (χ1) is 15.1. The lowest BCUT2D eigenvalue weighted by Crippen LogP contribution is -2.34. The van der Waals surface area contributed by atoms with Crippen molar-refractivity contribution < 1.29 is 21.8 Å². The molecule has 0 bridgehead atoms. The molecule has 0 aromatic rings. The van der Waals surface area contributed by atoms with Crippen molar-refractivity contribution in [2.75, 3.05) is 6.66 Å². The van der Waals surface area contributed by atoms with Gasteiger partial charge < -0.3 is 12.6 Å². The molecule has 10 heteroatoms. The zero-order valence-corrected chi connectivity index (χ0v) is 29.2. The predicted molar refractivity (Wildman–Crippen MR) is 159 cm³/mol. The van der Waals surface area contributed by atoms with E-state index in [-0.39, 0.29) is 0 Å². The number of unbranched alkanes of at least 4 members (excludes halogenated alkanes) is 2. The zero-order valence-electron chi connectivity index (χ0n) is 24.4. The third kappa shape index (κ3) is 16.3. The summed E-state index contributed by atoms with van der Waals surface area (Å²) >= 11 is 0. The van der Waals surface area contributed by atoms with Crippen LogP contribution in [0.25, 0.3) is 0 Å². The molecule has 0 aromatic heterocycles. The van der Waals surface area contributed by atoms with Crippen LogP contribution in [0.15, 0.2) is 23.3 Å². The van der Waals surface area contributed by atoms with Crippen LogP contribution in [0, 0.1) is 0 Å². The fraction of sp³-hybridized carbons (Fsp3) is 0.833. The van der Waals surface area contributed by atoms with Crippen molar-refractivity contribution in [1.29, 1.82) is 0 Å². The Labute approximate surface area is 214 Å². The largest absolute Gasteiger partial charge is 0.370 e. The summed E-state index contributed by atoms with van der Waals surface area (Å²) in [7, 11) is -13.5. The van der Waals surface area contributed by atoms with E-state index in [2.05, 4.69) is 32.9 Å². The van der Waals surface area contributed by atoms with Crippen molar-refractivity contribution in [2.45, 2.75) is 124 Å². The van der Waals surface area contributed by atoms with Crippen molar-refractivity contribution >= 4 is 39.9 Å². The van der Waals surface area contributed by atoms with Crippen molar-refractivity contribution in [3.8, 4) is 0 Å². The van der Waals surface area contributed by atoms with E-state index in [4.69, 9.17) is 12.6 Å². The minimum atomic E-state index is -3.64. The molecule has 0 aliphatic heterocycles. The molecule has 0 heterocycles. The molecule has 2 unspecified atom stereocenters. The fourth-order valence-electron chi connectivity index (χ4n) is 3.67. The molecule has 34 heavy (non-hydrogen) atoms. The monoisotopic (exact) mass is 568 g/mol. The molecule has 5 nitrogen and oxygen atoms in total. The average Bonchev–Trinajstić information content (AvgIpc) is 2.51. The van der Waals surface area contributed by atoms with Crippen LogP contribution in [0.5, 0.6) is 0 Å². The first-order valence-corrected chi connectivity index (χ1v) is 26.6. The van der Waals surface area contributed by atoms with E-state index in [9.17, 15) is 9.13 Å². The Bertz CT molecular complexity index is 766. The molecule has 0 fully saturated rings. The van der Waals surface area contributed by atoms with Gasteiger partial charge in [0, 0.05) is 6.66 Å². The minimum absolute atomic E-state index is 0.523. The van der Waals surface area contributed by atoms with Crippen molar-refractivity contribution in [3.05, 3.63) is 23.3 Å². The highest BCUT2D eigenvalue weighted by molar-refractivity contribution is 7.76. The van der Waals surface area contributed by atoms with Crippen LogP contribution < -0.4 is 0 Å². The number of allylic oxidation sites excluding steroid dienone is 4. The van der Waals surface area contributed by atoms with Crippen LogP contribution in [0.4, 0.5) is 0 Å². The predicted octanol–water partition coefficient (Wildman–Crippen LogP) is 10.2. The molecule has 202 valence electrons. The summed E-state index contributed by atoms with van der Waals surface area (Å²) in [6.45, 7) is 26.2. The van der Waals surface area contributed by atoms with Gasteiger partial charge in [0.25, 0.3) is 0 Å². The van der Waals surface area contributed by atoms with E-state index >= 15 is 0 Å². The third-order valence-corrected chi connectivity index (χ3v) is 19.2. The first kappa shape index (κ1) is 34.5. The second-order valence-electron chi connectivity index (χ2n) is 12.7. The van der Waals surface area contributed by atoms with Gasteiger partial charge in [0.2, 0.25) is 7.37 Å². The fourth-order valence-corrected chi connectivity index (χ4v) is 20.5. The summed E-state index contributed by atoms with van der Waals surface area (Å²) in [5, 5.41) is -0.715. The number of hydrogen-bond donors (Lipinski definition) is 0. The van der Waals surface area contributed by atoms with Gasteiger partial charge in [-0.2, -0.15) is 0 Å². The lowest BCUT2D eigenvalue weighted by Gasteiger charge is -2.39. The highest BCUT2D eigenvalue weighted by Gasteiger charge is 2.51. The van der Waals surface area contributed by atoms with Crippen LogP contribution in [0.2, 0.25) is 58.9 Å². The molecule has 0 saturated heterocycles. The van der Waals surface area contributed by atoms with Crippen LogP contribution in [-0.2, 0) is 21.8 Å². The molecular formula is C24H54O5P2Si3. The number of hydrogen-bond acceptors (Lipinski definition) is 5. The second kappa shape index (κ2) is 13.9. The molecule has 0 aliphatic carbocycles. The molecule has 2 atom stereocenters. The molecule has 0 rings (SSSR count). The van der Waals surface area contributed by atoms with Crippen LogP contribution in [0.3, 0.4) is 0 Å². The van der Waals surface area contributed by atoms with Crippen LogP contribution >= 0.6 is 15.0 Å². The van der Waals surface area contributed by atoms with E-state index in [1.807, 2.05) is 58.9 Å². The van der Waals surface area contributed by atoms with Gasteiger partial charge in [-0.25, -0.2) is 0 Å². The van der Waals surface area contributed by atoms with Gasteiger partial charge in [-0.05, 0) is 112 Å². The van der Waals surface area contributed by atoms with Gasteiger partial charge in [0.05, 0.1) is 0 Å². The van der Waals surface area contributed by atoms with E-state index in [0.29, 0.717) is 6.42 Å². The molecule has 0 aliphatic rings. The lowest BCUT2D eigenvalue weighted by atomic mass is 10.1. The Morgan fingerprint density at radius 2 is 1.21 bits per heavy atom. The smallest absolute Gasteiger partial charge is 0.324 e. The maximum absolute atomic E-state index is 14.4. The van der Waals surface area contributed by atoms with E-state index in [1.165, 1.54) is 11.1 Å². The topological polar surface area (TPSA) is 61.8 Å².